The lowest BCUT2D eigenvalue weighted by Crippen LogP contribution is -2.32. The van der Waals surface area contributed by atoms with Crippen molar-refractivity contribution in [1.29, 1.82) is 0 Å². The van der Waals surface area contributed by atoms with Gasteiger partial charge in [-0.1, -0.05) is 25.1 Å². The van der Waals surface area contributed by atoms with Crippen molar-refractivity contribution in [3.8, 4) is 5.75 Å². The number of anilines is 1. The summed E-state index contributed by atoms with van der Waals surface area (Å²) < 4.78 is 10.5. The van der Waals surface area contributed by atoms with Crippen molar-refractivity contribution in [2.24, 2.45) is 0 Å². The van der Waals surface area contributed by atoms with Crippen LogP contribution >= 0.6 is 0 Å². The van der Waals surface area contributed by atoms with Gasteiger partial charge in [-0.05, 0) is 49.2 Å². The summed E-state index contributed by atoms with van der Waals surface area (Å²) in [6, 6.07) is 14.1. The normalized spacial score (nSPS) is 11.5. The smallest absolute Gasteiger partial charge is 0.337 e. The fraction of sp³-hybridized carbons (Fsp3) is 0.263. The molecule has 0 aliphatic rings. The molecular formula is C19H21NO4. The highest BCUT2D eigenvalue weighted by molar-refractivity contribution is 5.96. The van der Waals surface area contributed by atoms with Gasteiger partial charge in [0.15, 0.2) is 6.10 Å². The maximum atomic E-state index is 12.4. The number of ether oxygens (including phenoxy) is 2. The van der Waals surface area contributed by atoms with E-state index in [2.05, 4.69) is 10.1 Å². The molecule has 0 spiro atoms. The third kappa shape index (κ3) is 4.59. The van der Waals surface area contributed by atoms with Crippen molar-refractivity contribution >= 4 is 17.6 Å². The average Bonchev–Trinajstić information content (AvgIpc) is 2.59. The largest absolute Gasteiger partial charge is 0.481 e. The summed E-state index contributed by atoms with van der Waals surface area (Å²) in [5.74, 6) is -0.0597. The molecule has 1 N–H and O–H groups in total. The summed E-state index contributed by atoms with van der Waals surface area (Å²) in [5.41, 5.74) is 1.96. The van der Waals surface area contributed by atoms with E-state index in [0.717, 1.165) is 5.56 Å². The number of rotatable bonds is 6. The van der Waals surface area contributed by atoms with E-state index < -0.39 is 12.1 Å². The van der Waals surface area contributed by atoms with Crippen molar-refractivity contribution in [3.05, 3.63) is 59.7 Å². The Balaban J connectivity index is 2.08. The SMILES string of the molecule is CCC(Oc1cccc(C)c1)C(=O)Nc1cccc(C(=O)OC)c1. The average molecular weight is 327 g/mol. The van der Waals surface area contributed by atoms with Crippen LogP contribution in [-0.2, 0) is 9.53 Å². The van der Waals surface area contributed by atoms with Crippen molar-refractivity contribution in [2.45, 2.75) is 26.4 Å². The zero-order valence-corrected chi connectivity index (χ0v) is 14.0. The predicted octanol–water partition coefficient (Wildman–Crippen LogP) is 3.58. The molecular weight excluding hydrogens is 306 g/mol. The minimum Gasteiger partial charge on any atom is -0.481 e. The Labute approximate surface area is 141 Å². The van der Waals surface area contributed by atoms with Gasteiger partial charge < -0.3 is 14.8 Å². The van der Waals surface area contributed by atoms with Gasteiger partial charge in [0.2, 0.25) is 0 Å². The Morgan fingerprint density at radius 1 is 1.12 bits per heavy atom. The van der Waals surface area contributed by atoms with Crippen LogP contribution in [0.25, 0.3) is 0 Å². The number of benzene rings is 2. The minimum absolute atomic E-state index is 0.263. The Kier molecular flexibility index (Phi) is 5.95. The number of carbonyl (C=O) groups excluding carboxylic acids is 2. The Morgan fingerprint density at radius 3 is 2.54 bits per heavy atom. The monoisotopic (exact) mass is 327 g/mol. The molecule has 24 heavy (non-hydrogen) atoms. The molecule has 0 radical (unpaired) electrons. The second-order valence-corrected chi connectivity index (χ2v) is 5.39. The highest BCUT2D eigenvalue weighted by Gasteiger charge is 2.19. The van der Waals surface area contributed by atoms with E-state index in [1.807, 2.05) is 38.1 Å². The topological polar surface area (TPSA) is 64.6 Å². The van der Waals surface area contributed by atoms with Crippen LogP contribution < -0.4 is 10.1 Å². The van der Waals surface area contributed by atoms with E-state index in [0.29, 0.717) is 23.4 Å². The zero-order chi connectivity index (χ0) is 17.5. The van der Waals surface area contributed by atoms with Gasteiger partial charge in [-0.15, -0.1) is 0 Å². The van der Waals surface area contributed by atoms with Gasteiger partial charge in [0.05, 0.1) is 12.7 Å². The molecule has 0 aliphatic carbocycles. The van der Waals surface area contributed by atoms with Crippen LogP contribution in [0.3, 0.4) is 0 Å². The fourth-order valence-electron chi connectivity index (χ4n) is 2.24. The summed E-state index contributed by atoms with van der Waals surface area (Å²) in [5, 5.41) is 2.78. The van der Waals surface area contributed by atoms with E-state index in [-0.39, 0.29) is 5.91 Å². The van der Waals surface area contributed by atoms with Crippen LogP contribution in [0, 0.1) is 6.92 Å². The number of nitrogens with one attached hydrogen (secondary N) is 1. The number of methoxy groups -OCH3 is 1. The lowest BCUT2D eigenvalue weighted by Gasteiger charge is -2.17. The molecule has 0 aromatic heterocycles. The Bertz CT molecular complexity index is 727. The Hall–Kier alpha value is -2.82. The molecule has 2 aromatic carbocycles. The number of esters is 1. The molecule has 0 fully saturated rings. The summed E-state index contributed by atoms with van der Waals surface area (Å²) >= 11 is 0. The lowest BCUT2D eigenvalue weighted by atomic mass is 10.2. The standard InChI is InChI=1S/C19H21NO4/c1-4-17(24-16-10-5-7-13(2)11-16)18(21)20-15-9-6-8-14(12-15)19(22)23-3/h5-12,17H,4H2,1-3H3,(H,20,21). The molecule has 0 saturated heterocycles. The molecule has 1 amide bonds. The van der Waals surface area contributed by atoms with Gasteiger partial charge in [0, 0.05) is 5.69 Å². The summed E-state index contributed by atoms with van der Waals surface area (Å²) in [7, 11) is 1.32. The third-order valence-corrected chi connectivity index (χ3v) is 3.48. The maximum Gasteiger partial charge on any atom is 0.337 e. The summed E-state index contributed by atoms with van der Waals surface area (Å²) in [6.45, 7) is 3.84. The quantitative estimate of drug-likeness (QED) is 0.824. The van der Waals surface area contributed by atoms with Gasteiger partial charge in [0.1, 0.15) is 5.75 Å². The van der Waals surface area contributed by atoms with Crippen LogP contribution in [0.1, 0.15) is 29.3 Å². The van der Waals surface area contributed by atoms with Gasteiger partial charge in [0.25, 0.3) is 5.91 Å². The number of hydrogen-bond donors (Lipinski definition) is 1. The second-order valence-electron chi connectivity index (χ2n) is 5.39. The molecule has 1 atom stereocenters. The molecule has 0 saturated carbocycles. The van der Waals surface area contributed by atoms with E-state index in [9.17, 15) is 9.59 Å². The molecule has 5 heteroatoms. The second kappa shape index (κ2) is 8.15. The molecule has 1 unspecified atom stereocenters. The predicted molar refractivity (Wildman–Crippen MR) is 92.3 cm³/mol. The van der Waals surface area contributed by atoms with Crippen molar-refractivity contribution in [1.82, 2.24) is 0 Å². The molecule has 2 aromatic rings. The molecule has 5 nitrogen and oxygen atoms in total. The first-order chi connectivity index (χ1) is 11.5. The third-order valence-electron chi connectivity index (χ3n) is 3.48. The van der Waals surface area contributed by atoms with Crippen molar-refractivity contribution in [2.75, 3.05) is 12.4 Å². The molecule has 126 valence electrons. The van der Waals surface area contributed by atoms with Gasteiger partial charge in [-0.25, -0.2) is 4.79 Å². The zero-order valence-electron chi connectivity index (χ0n) is 14.0. The fourth-order valence-corrected chi connectivity index (χ4v) is 2.24. The molecule has 0 bridgehead atoms. The van der Waals surface area contributed by atoms with Gasteiger partial charge >= 0.3 is 5.97 Å². The van der Waals surface area contributed by atoms with E-state index in [1.165, 1.54) is 7.11 Å². The van der Waals surface area contributed by atoms with Crippen LogP contribution in [0.15, 0.2) is 48.5 Å². The number of amides is 1. The number of carbonyl (C=O) groups is 2. The summed E-state index contributed by atoms with van der Waals surface area (Å²) in [4.78, 5) is 24.0. The van der Waals surface area contributed by atoms with Crippen LogP contribution in [0.4, 0.5) is 5.69 Å². The van der Waals surface area contributed by atoms with E-state index >= 15 is 0 Å². The number of hydrogen-bond acceptors (Lipinski definition) is 4. The maximum absolute atomic E-state index is 12.4. The molecule has 2 rings (SSSR count). The van der Waals surface area contributed by atoms with E-state index in [1.54, 1.807) is 24.3 Å². The first-order valence-electron chi connectivity index (χ1n) is 7.76. The highest BCUT2D eigenvalue weighted by Crippen LogP contribution is 2.17. The van der Waals surface area contributed by atoms with Gasteiger partial charge in [-0.2, -0.15) is 0 Å². The van der Waals surface area contributed by atoms with Crippen molar-refractivity contribution < 1.29 is 19.1 Å². The number of aryl methyl sites for hydroxylation is 1. The van der Waals surface area contributed by atoms with E-state index in [4.69, 9.17) is 4.74 Å². The van der Waals surface area contributed by atoms with Crippen LogP contribution in [0.2, 0.25) is 0 Å². The van der Waals surface area contributed by atoms with Crippen LogP contribution in [0.5, 0.6) is 5.75 Å². The van der Waals surface area contributed by atoms with Gasteiger partial charge in [-0.3, -0.25) is 4.79 Å². The lowest BCUT2D eigenvalue weighted by molar-refractivity contribution is -0.122. The van der Waals surface area contributed by atoms with Crippen molar-refractivity contribution in [3.63, 3.8) is 0 Å². The minimum atomic E-state index is -0.617. The van der Waals surface area contributed by atoms with Crippen LogP contribution in [-0.4, -0.2) is 25.1 Å². The summed E-state index contributed by atoms with van der Waals surface area (Å²) in [6.07, 6.45) is -0.0928. The molecule has 0 aliphatic heterocycles. The first-order valence-corrected chi connectivity index (χ1v) is 7.76. The Morgan fingerprint density at radius 2 is 1.88 bits per heavy atom. The molecule has 0 heterocycles. The first kappa shape index (κ1) is 17.5. The highest BCUT2D eigenvalue weighted by atomic mass is 16.5.